The van der Waals surface area contributed by atoms with Gasteiger partial charge in [-0.15, -0.1) is 0 Å². The molecule has 1 saturated heterocycles. The van der Waals surface area contributed by atoms with Gasteiger partial charge in [-0.2, -0.15) is 0 Å². The maximum absolute atomic E-state index is 13.9. The number of fused-ring (bicyclic) bond motifs is 4. The van der Waals surface area contributed by atoms with E-state index in [4.69, 9.17) is 4.74 Å². The van der Waals surface area contributed by atoms with Gasteiger partial charge in [0.25, 0.3) is 0 Å². The Morgan fingerprint density at radius 1 is 1.02 bits per heavy atom. The Morgan fingerprint density at radius 3 is 2.40 bits per heavy atom. The monoisotopic (exact) mass is 596 g/mol. The summed E-state index contributed by atoms with van der Waals surface area (Å²) in [6, 6.07) is 3.34. The summed E-state index contributed by atoms with van der Waals surface area (Å²) < 4.78 is 34.4. The van der Waals surface area contributed by atoms with E-state index in [0.717, 1.165) is 56.8 Å². The Kier molecular flexibility index (Phi) is 6.64. The highest BCUT2D eigenvalue weighted by Crippen LogP contribution is 2.90. The Hall–Kier alpha value is -1.57. The van der Waals surface area contributed by atoms with Crippen LogP contribution in [0.2, 0.25) is 0 Å². The van der Waals surface area contributed by atoms with E-state index in [0.29, 0.717) is 17.9 Å². The first-order valence-electron chi connectivity index (χ1n) is 16.4. The highest BCUT2D eigenvalue weighted by atomic mass is 19.1. The number of aliphatic hydroxyl groups excluding tert-OH is 2. The molecule has 2 N–H and O–H groups in total. The van der Waals surface area contributed by atoms with Crippen molar-refractivity contribution in [3.63, 3.8) is 0 Å². The van der Waals surface area contributed by atoms with Gasteiger partial charge in [0, 0.05) is 30.9 Å². The average Bonchev–Trinajstić information content (AvgIpc) is 3.55. The van der Waals surface area contributed by atoms with Crippen LogP contribution in [0, 0.1) is 74.6 Å². The SMILES string of the molecule is CC(=O)N(C[C]1C[C@@H](C)[C@H]2[C](O1)[C@H](O)[C@@]1(C)[C]3CC[C@H]4C(C)(C)[C@@H](O)CC[C@@]45C[C@@]35CC[C@]21C)Cc1cc(F)cc(F)c1. The molecule has 7 heteroatoms. The number of nitrogens with zero attached hydrogens (tertiary/aromatic N) is 1. The molecule has 5 aliphatic carbocycles. The van der Waals surface area contributed by atoms with Gasteiger partial charge in [0.1, 0.15) is 23.8 Å². The van der Waals surface area contributed by atoms with Crippen molar-refractivity contribution in [2.75, 3.05) is 6.54 Å². The smallest absolute Gasteiger partial charge is 0.219 e. The summed E-state index contributed by atoms with van der Waals surface area (Å²) in [4.78, 5) is 14.2. The molecule has 6 fully saturated rings. The van der Waals surface area contributed by atoms with Gasteiger partial charge in [-0.1, -0.05) is 34.6 Å². The number of hydrogen-bond acceptors (Lipinski definition) is 4. The summed E-state index contributed by atoms with van der Waals surface area (Å²) in [6.45, 7) is 13.2. The van der Waals surface area contributed by atoms with Crippen molar-refractivity contribution in [3.05, 3.63) is 53.5 Å². The second-order valence-corrected chi connectivity index (χ2v) is 16.2. The molecule has 3 radical (unpaired) electrons. The highest BCUT2D eigenvalue weighted by Gasteiger charge is 2.85. The number of benzene rings is 1. The lowest BCUT2D eigenvalue weighted by molar-refractivity contribution is -0.131. The van der Waals surface area contributed by atoms with Crippen molar-refractivity contribution in [2.45, 2.75) is 112 Å². The number of aliphatic hydroxyl groups is 2. The lowest BCUT2D eigenvalue weighted by atomic mass is 9.41. The summed E-state index contributed by atoms with van der Waals surface area (Å²) in [5, 5.41) is 23.3. The maximum Gasteiger partial charge on any atom is 0.219 e. The minimum Gasteiger partial charge on any atom is -0.393 e. The molecule has 1 amide bonds. The Balaban J connectivity index is 1.15. The first-order valence-corrected chi connectivity index (χ1v) is 16.4. The van der Waals surface area contributed by atoms with Gasteiger partial charge in [0.05, 0.1) is 18.8 Å². The van der Waals surface area contributed by atoms with Gasteiger partial charge in [0.15, 0.2) is 0 Å². The molecule has 1 aromatic rings. The van der Waals surface area contributed by atoms with Crippen molar-refractivity contribution in [2.24, 2.45) is 44.8 Å². The third-order valence-electron chi connectivity index (χ3n) is 14.2. The van der Waals surface area contributed by atoms with Crippen LogP contribution >= 0.6 is 0 Å². The maximum atomic E-state index is 13.9. The number of ether oxygens (including phenoxy) is 1. The summed E-state index contributed by atoms with van der Waals surface area (Å²) in [5.41, 5.74) is 0.165. The Labute approximate surface area is 255 Å². The summed E-state index contributed by atoms with van der Waals surface area (Å²) in [5.74, 6) is 0.870. The van der Waals surface area contributed by atoms with E-state index in [1.165, 1.54) is 25.5 Å². The van der Waals surface area contributed by atoms with Crippen molar-refractivity contribution >= 4 is 5.91 Å². The number of amides is 1. The predicted molar refractivity (Wildman–Crippen MR) is 158 cm³/mol. The summed E-state index contributed by atoms with van der Waals surface area (Å²) in [7, 11) is 0. The first kappa shape index (κ1) is 30.1. The zero-order valence-corrected chi connectivity index (χ0v) is 26.6. The molecule has 0 unspecified atom stereocenters. The van der Waals surface area contributed by atoms with E-state index in [9.17, 15) is 23.8 Å². The van der Waals surface area contributed by atoms with Crippen molar-refractivity contribution in [1.82, 2.24) is 4.90 Å². The van der Waals surface area contributed by atoms with Crippen molar-refractivity contribution in [1.29, 1.82) is 0 Å². The minimum absolute atomic E-state index is 0.0801. The highest BCUT2D eigenvalue weighted by molar-refractivity contribution is 5.73. The zero-order valence-electron chi connectivity index (χ0n) is 26.6. The van der Waals surface area contributed by atoms with Gasteiger partial charge in [-0.3, -0.25) is 4.79 Å². The van der Waals surface area contributed by atoms with Gasteiger partial charge < -0.3 is 19.8 Å². The molecule has 1 aromatic carbocycles. The molecule has 43 heavy (non-hydrogen) atoms. The van der Waals surface area contributed by atoms with E-state index < -0.39 is 23.2 Å². The molecule has 6 aliphatic rings. The molecular formula is C36H48F2NO4. The second kappa shape index (κ2) is 9.48. The van der Waals surface area contributed by atoms with Crippen LogP contribution < -0.4 is 0 Å². The minimum atomic E-state index is -0.730. The molecule has 235 valence electrons. The van der Waals surface area contributed by atoms with Crippen molar-refractivity contribution < 1.29 is 28.5 Å². The van der Waals surface area contributed by atoms with Gasteiger partial charge in [-0.05, 0) is 108 Å². The van der Waals surface area contributed by atoms with Crippen LogP contribution in [0.25, 0.3) is 0 Å². The Morgan fingerprint density at radius 2 is 1.72 bits per heavy atom. The molecule has 0 bridgehead atoms. The third kappa shape index (κ3) is 3.86. The quantitative estimate of drug-likeness (QED) is 0.403. The zero-order chi connectivity index (χ0) is 30.9. The van der Waals surface area contributed by atoms with Crippen LogP contribution in [0.4, 0.5) is 8.78 Å². The largest absolute Gasteiger partial charge is 0.393 e. The average molecular weight is 597 g/mol. The molecule has 2 spiro atoms. The predicted octanol–water partition coefficient (Wildman–Crippen LogP) is 6.77. The van der Waals surface area contributed by atoms with Crippen LogP contribution in [0.1, 0.15) is 98.5 Å². The molecular weight excluding hydrogens is 548 g/mol. The second-order valence-electron chi connectivity index (χ2n) is 16.2. The number of halogens is 2. The van der Waals surface area contributed by atoms with Gasteiger partial charge >= 0.3 is 0 Å². The van der Waals surface area contributed by atoms with E-state index in [2.05, 4.69) is 34.6 Å². The molecule has 0 aromatic heterocycles. The van der Waals surface area contributed by atoms with Crippen LogP contribution in [-0.4, -0.2) is 39.8 Å². The van der Waals surface area contributed by atoms with E-state index >= 15 is 0 Å². The number of hydrogen-bond donors (Lipinski definition) is 2. The Bertz CT molecular complexity index is 1300. The lowest BCUT2D eigenvalue weighted by Crippen LogP contribution is -2.58. The fourth-order valence-electron chi connectivity index (χ4n) is 12.0. The molecule has 9 atom stereocenters. The van der Waals surface area contributed by atoms with Gasteiger partial charge in [0.2, 0.25) is 5.91 Å². The van der Waals surface area contributed by atoms with Crippen LogP contribution in [0.3, 0.4) is 0 Å². The molecule has 1 heterocycles. The van der Waals surface area contributed by atoms with Crippen LogP contribution in [0.15, 0.2) is 18.2 Å². The number of carbonyl (C=O) groups excluding carboxylic acids is 1. The number of rotatable bonds is 4. The normalized spacial score (nSPS) is 45.4. The van der Waals surface area contributed by atoms with Crippen molar-refractivity contribution in [3.8, 4) is 0 Å². The molecule has 5 saturated carbocycles. The van der Waals surface area contributed by atoms with E-state index in [1.807, 2.05) is 0 Å². The fourth-order valence-corrected chi connectivity index (χ4v) is 12.0. The van der Waals surface area contributed by atoms with Crippen LogP contribution in [-0.2, 0) is 16.1 Å². The summed E-state index contributed by atoms with van der Waals surface area (Å²) >= 11 is 0. The van der Waals surface area contributed by atoms with E-state index in [1.54, 1.807) is 10.8 Å². The first-order chi connectivity index (χ1) is 20.1. The summed E-state index contributed by atoms with van der Waals surface area (Å²) in [6.07, 6.45) is 8.57. The molecule has 5 nitrogen and oxygen atoms in total. The molecule has 1 aliphatic heterocycles. The van der Waals surface area contributed by atoms with E-state index in [-0.39, 0.29) is 58.6 Å². The third-order valence-corrected chi connectivity index (χ3v) is 14.2. The fraction of sp³-hybridized carbons (Fsp3) is 0.722. The molecule has 7 rings (SSSR count). The number of carbonyl (C=O) groups is 1. The standard InChI is InChI=1S/C36H48F2NO4/c1-20-13-25(18-39(21(2)40)17-22-14-23(37)16-24(38)15-22)43-30-29(20)33(5)11-12-36-19-35(36)10-9-28(41)32(3,4)26(35)7-8-27(36)34(33,6)31(30)42/h14-16,20,26,28-29,31,41-42H,7-13,17-19H2,1-6H3/t20-,26+,28+,29+,31+,33-,34-,35-,36+/m1/s1. The topological polar surface area (TPSA) is 70.0 Å². The lowest BCUT2D eigenvalue weighted by Gasteiger charge is -2.63. The van der Waals surface area contributed by atoms with Crippen LogP contribution in [0.5, 0.6) is 0 Å². The van der Waals surface area contributed by atoms with Gasteiger partial charge in [-0.25, -0.2) is 8.78 Å².